The smallest absolute Gasteiger partial charge is 0.159 e. The Morgan fingerprint density at radius 2 is 1.83 bits per heavy atom. The van der Waals surface area contributed by atoms with Gasteiger partial charge in [0.2, 0.25) is 0 Å². The maximum Gasteiger partial charge on any atom is 0.159 e. The van der Waals surface area contributed by atoms with Crippen molar-refractivity contribution >= 4 is 11.5 Å². The molecule has 1 fully saturated rings. The highest BCUT2D eigenvalue weighted by molar-refractivity contribution is 5.94. The molecule has 1 aliphatic rings. The Labute approximate surface area is 107 Å². The van der Waals surface area contributed by atoms with Crippen molar-refractivity contribution in [2.24, 2.45) is 0 Å². The summed E-state index contributed by atoms with van der Waals surface area (Å²) >= 11 is 0. The molecule has 94 valence electrons. The SMILES string of the molecule is CC(=O)c1ccc(N2CCN(CC#N)CC2)cc1. The van der Waals surface area contributed by atoms with Crippen molar-refractivity contribution < 1.29 is 4.79 Å². The highest BCUT2D eigenvalue weighted by atomic mass is 16.1. The summed E-state index contributed by atoms with van der Waals surface area (Å²) in [6.07, 6.45) is 0. The Morgan fingerprint density at radius 3 is 2.33 bits per heavy atom. The maximum atomic E-state index is 11.2. The highest BCUT2D eigenvalue weighted by Gasteiger charge is 2.16. The van der Waals surface area contributed by atoms with Crippen LogP contribution in [0.3, 0.4) is 0 Å². The van der Waals surface area contributed by atoms with Gasteiger partial charge in [0.25, 0.3) is 0 Å². The van der Waals surface area contributed by atoms with E-state index in [1.807, 2.05) is 24.3 Å². The quantitative estimate of drug-likeness (QED) is 0.596. The molecule has 4 nitrogen and oxygen atoms in total. The minimum absolute atomic E-state index is 0.0976. The number of piperazine rings is 1. The first kappa shape index (κ1) is 12.6. The predicted octanol–water partition coefficient (Wildman–Crippen LogP) is 1.53. The van der Waals surface area contributed by atoms with Gasteiger partial charge in [-0.1, -0.05) is 0 Å². The van der Waals surface area contributed by atoms with Crippen LogP contribution >= 0.6 is 0 Å². The molecule has 18 heavy (non-hydrogen) atoms. The molecule has 0 atom stereocenters. The number of nitrogens with zero attached hydrogens (tertiary/aromatic N) is 3. The molecule has 0 bridgehead atoms. The van der Waals surface area contributed by atoms with Crippen LogP contribution in [0.2, 0.25) is 0 Å². The van der Waals surface area contributed by atoms with Crippen molar-refractivity contribution in [3.8, 4) is 6.07 Å². The number of carbonyl (C=O) groups excluding carboxylic acids is 1. The fraction of sp³-hybridized carbons (Fsp3) is 0.429. The van der Waals surface area contributed by atoms with Crippen LogP contribution in [0.15, 0.2) is 24.3 Å². The van der Waals surface area contributed by atoms with Crippen LogP contribution in [0.1, 0.15) is 17.3 Å². The number of rotatable bonds is 3. The Balaban J connectivity index is 1.97. The number of ketones is 1. The summed E-state index contributed by atoms with van der Waals surface area (Å²) in [6, 6.07) is 9.92. The fourth-order valence-electron chi connectivity index (χ4n) is 2.17. The molecule has 0 amide bonds. The lowest BCUT2D eigenvalue weighted by Crippen LogP contribution is -2.46. The van der Waals surface area contributed by atoms with Gasteiger partial charge in [-0.15, -0.1) is 0 Å². The van der Waals surface area contributed by atoms with E-state index in [4.69, 9.17) is 5.26 Å². The molecule has 4 heteroatoms. The zero-order valence-electron chi connectivity index (χ0n) is 10.6. The monoisotopic (exact) mass is 243 g/mol. The van der Waals surface area contributed by atoms with Crippen LogP contribution in [-0.2, 0) is 0 Å². The number of anilines is 1. The molecule has 0 unspecified atom stereocenters. The first-order valence-electron chi connectivity index (χ1n) is 6.16. The van der Waals surface area contributed by atoms with Crippen LogP contribution in [-0.4, -0.2) is 43.4 Å². The van der Waals surface area contributed by atoms with Crippen LogP contribution < -0.4 is 4.90 Å². The topological polar surface area (TPSA) is 47.3 Å². The van der Waals surface area contributed by atoms with Crippen molar-refractivity contribution in [1.82, 2.24) is 4.90 Å². The average Bonchev–Trinajstić information content (AvgIpc) is 2.40. The van der Waals surface area contributed by atoms with Crippen LogP contribution in [0.5, 0.6) is 0 Å². The summed E-state index contributed by atoms with van der Waals surface area (Å²) in [5.41, 5.74) is 1.90. The lowest BCUT2D eigenvalue weighted by molar-refractivity contribution is 0.101. The molecule has 1 heterocycles. The number of Topliss-reactive ketones (excluding diaryl/α,β-unsaturated/α-hetero) is 1. The summed E-state index contributed by atoms with van der Waals surface area (Å²) in [5.74, 6) is 0.0976. The molecular weight excluding hydrogens is 226 g/mol. The Hall–Kier alpha value is -1.86. The molecule has 0 aromatic heterocycles. The van der Waals surface area contributed by atoms with Crippen molar-refractivity contribution in [2.75, 3.05) is 37.6 Å². The lowest BCUT2D eigenvalue weighted by atomic mass is 10.1. The Bertz CT molecular complexity index is 453. The van der Waals surface area contributed by atoms with Gasteiger partial charge in [-0.25, -0.2) is 0 Å². The van der Waals surface area contributed by atoms with Crippen LogP contribution in [0.25, 0.3) is 0 Å². The molecule has 1 aliphatic heterocycles. The van der Waals surface area contributed by atoms with Gasteiger partial charge in [0.15, 0.2) is 5.78 Å². The number of nitriles is 1. The first-order chi connectivity index (χ1) is 8.70. The Morgan fingerprint density at radius 1 is 1.22 bits per heavy atom. The van der Waals surface area contributed by atoms with Crippen molar-refractivity contribution in [1.29, 1.82) is 5.26 Å². The van der Waals surface area contributed by atoms with E-state index in [-0.39, 0.29) is 5.78 Å². The van der Waals surface area contributed by atoms with Crippen LogP contribution in [0.4, 0.5) is 5.69 Å². The van der Waals surface area contributed by atoms with Crippen LogP contribution in [0, 0.1) is 11.3 Å². The third-order valence-corrected chi connectivity index (χ3v) is 3.31. The number of carbonyl (C=O) groups is 1. The normalized spacial score (nSPS) is 16.3. The minimum Gasteiger partial charge on any atom is -0.369 e. The molecular formula is C14H17N3O. The van der Waals surface area contributed by atoms with Gasteiger partial charge in [-0.05, 0) is 31.2 Å². The third kappa shape index (κ3) is 2.88. The molecule has 0 aliphatic carbocycles. The number of hydrogen-bond acceptors (Lipinski definition) is 4. The van der Waals surface area contributed by atoms with E-state index in [9.17, 15) is 4.79 Å². The van der Waals surface area contributed by atoms with Crippen molar-refractivity contribution in [3.05, 3.63) is 29.8 Å². The average molecular weight is 243 g/mol. The van der Waals surface area contributed by atoms with E-state index in [1.165, 1.54) is 0 Å². The minimum atomic E-state index is 0.0976. The zero-order chi connectivity index (χ0) is 13.0. The van der Waals surface area contributed by atoms with E-state index in [0.29, 0.717) is 6.54 Å². The fourth-order valence-corrected chi connectivity index (χ4v) is 2.17. The van der Waals surface area contributed by atoms with Crippen molar-refractivity contribution in [2.45, 2.75) is 6.92 Å². The third-order valence-electron chi connectivity index (χ3n) is 3.31. The summed E-state index contributed by atoms with van der Waals surface area (Å²) < 4.78 is 0. The second-order valence-electron chi connectivity index (χ2n) is 4.52. The standard InChI is InChI=1S/C14H17N3O/c1-12(18)13-2-4-14(5-3-13)17-10-8-16(7-6-15)9-11-17/h2-5H,7-11H2,1H3. The van der Waals surface area contributed by atoms with E-state index in [0.717, 1.165) is 37.4 Å². The molecule has 1 saturated heterocycles. The first-order valence-corrected chi connectivity index (χ1v) is 6.16. The summed E-state index contributed by atoms with van der Waals surface area (Å²) in [5, 5.41) is 8.65. The largest absolute Gasteiger partial charge is 0.369 e. The molecule has 0 N–H and O–H groups in total. The summed E-state index contributed by atoms with van der Waals surface area (Å²) in [6.45, 7) is 5.79. The van der Waals surface area contributed by atoms with Gasteiger partial charge in [0, 0.05) is 37.4 Å². The number of benzene rings is 1. The van der Waals surface area contributed by atoms with Crippen molar-refractivity contribution in [3.63, 3.8) is 0 Å². The van der Waals surface area contributed by atoms with Gasteiger partial charge in [-0.3, -0.25) is 9.69 Å². The van der Waals surface area contributed by atoms with E-state index in [2.05, 4.69) is 15.9 Å². The van der Waals surface area contributed by atoms with E-state index in [1.54, 1.807) is 6.92 Å². The zero-order valence-corrected chi connectivity index (χ0v) is 10.6. The second kappa shape index (κ2) is 5.65. The molecule has 2 rings (SSSR count). The number of hydrogen-bond donors (Lipinski definition) is 0. The maximum absolute atomic E-state index is 11.2. The Kier molecular flexibility index (Phi) is 3.96. The predicted molar refractivity (Wildman–Crippen MR) is 70.7 cm³/mol. The van der Waals surface area contributed by atoms with Gasteiger partial charge in [0.05, 0.1) is 12.6 Å². The molecule has 0 radical (unpaired) electrons. The van der Waals surface area contributed by atoms with Gasteiger partial charge in [-0.2, -0.15) is 5.26 Å². The van der Waals surface area contributed by atoms with Gasteiger partial charge >= 0.3 is 0 Å². The molecule has 0 saturated carbocycles. The van der Waals surface area contributed by atoms with E-state index >= 15 is 0 Å². The molecule has 1 aromatic carbocycles. The second-order valence-corrected chi connectivity index (χ2v) is 4.52. The molecule has 0 spiro atoms. The van der Waals surface area contributed by atoms with Gasteiger partial charge < -0.3 is 4.90 Å². The van der Waals surface area contributed by atoms with E-state index < -0.39 is 0 Å². The molecule has 1 aromatic rings. The van der Waals surface area contributed by atoms with Gasteiger partial charge in [0.1, 0.15) is 0 Å². The summed E-state index contributed by atoms with van der Waals surface area (Å²) in [7, 11) is 0. The highest BCUT2D eigenvalue weighted by Crippen LogP contribution is 2.17. The summed E-state index contributed by atoms with van der Waals surface area (Å²) in [4.78, 5) is 15.6. The lowest BCUT2D eigenvalue weighted by Gasteiger charge is -2.34.